The Labute approximate surface area is 99.9 Å². The van der Waals surface area contributed by atoms with Crippen LogP contribution in [-0.4, -0.2) is 21.0 Å². The molecule has 0 spiro atoms. The van der Waals surface area contributed by atoms with Crippen molar-refractivity contribution in [1.29, 1.82) is 0 Å². The van der Waals surface area contributed by atoms with Crippen LogP contribution in [0.15, 0.2) is 6.33 Å². The summed E-state index contributed by atoms with van der Waals surface area (Å²) in [6.07, 6.45) is 2.81. The molecule has 0 aromatic carbocycles. The Bertz CT molecular complexity index is 596. The van der Waals surface area contributed by atoms with Gasteiger partial charge in [0.25, 0.3) is 0 Å². The maximum Gasteiger partial charge on any atom is 0.311 e. The van der Waals surface area contributed by atoms with E-state index >= 15 is 0 Å². The largest absolute Gasteiger partial charge is 0.481 e. The summed E-state index contributed by atoms with van der Waals surface area (Å²) in [7, 11) is 0. The van der Waals surface area contributed by atoms with Gasteiger partial charge in [0.1, 0.15) is 16.3 Å². The zero-order valence-corrected chi connectivity index (χ0v) is 9.68. The maximum atomic E-state index is 11.1. The Morgan fingerprint density at radius 3 is 3.12 bits per heavy atom. The molecule has 1 aliphatic carbocycles. The number of halogens is 1. The van der Waals surface area contributed by atoms with E-state index in [2.05, 4.69) is 9.97 Å². The fourth-order valence-corrected chi connectivity index (χ4v) is 3.78. The zero-order valence-electron chi connectivity index (χ0n) is 8.11. The van der Waals surface area contributed by atoms with Crippen molar-refractivity contribution in [2.75, 3.05) is 0 Å². The molecule has 0 bridgehead atoms. The van der Waals surface area contributed by atoms with Gasteiger partial charge >= 0.3 is 5.97 Å². The van der Waals surface area contributed by atoms with E-state index in [0.717, 1.165) is 27.1 Å². The summed E-state index contributed by atoms with van der Waals surface area (Å²) in [5.41, 5.74) is 1.03. The number of carboxylic acid groups (broad SMARTS) is 1. The van der Waals surface area contributed by atoms with E-state index in [1.165, 1.54) is 17.7 Å². The van der Waals surface area contributed by atoms with Crippen molar-refractivity contribution in [3.8, 4) is 0 Å². The number of hydrogen-bond donors (Lipinski definition) is 1. The van der Waals surface area contributed by atoms with Crippen LogP contribution in [0.2, 0.25) is 5.15 Å². The number of fused-ring (bicyclic) bond motifs is 3. The number of rotatable bonds is 1. The van der Waals surface area contributed by atoms with Crippen LogP contribution in [0.5, 0.6) is 0 Å². The summed E-state index contributed by atoms with van der Waals surface area (Å²) in [4.78, 5) is 20.8. The molecule has 0 amide bonds. The van der Waals surface area contributed by atoms with E-state index in [1.54, 1.807) is 0 Å². The van der Waals surface area contributed by atoms with Crippen molar-refractivity contribution in [3.05, 3.63) is 21.9 Å². The van der Waals surface area contributed by atoms with Crippen LogP contribution in [0.3, 0.4) is 0 Å². The fraction of sp³-hybridized carbons (Fsp3) is 0.300. The molecule has 3 rings (SSSR count). The molecule has 1 unspecified atom stereocenters. The highest BCUT2D eigenvalue weighted by Crippen LogP contribution is 2.44. The van der Waals surface area contributed by atoms with Crippen LogP contribution in [0.1, 0.15) is 22.8 Å². The van der Waals surface area contributed by atoms with Gasteiger partial charge in [-0.1, -0.05) is 11.6 Å². The monoisotopic (exact) mass is 254 g/mol. The summed E-state index contributed by atoms with van der Waals surface area (Å²) in [5, 5.41) is 10.4. The number of carboxylic acids is 1. The molecule has 1 aliphatic rings. The van der Waals surface area contributed by atoms with E-state index in [0.29, 0.717) is 11.6 Å². The minimum Gasteiger partial charge on any atom is -0.481 e. The first-order valence-electron chi connectivity index (χ1n) is 4.83. The summed E-state index contributed by atoms with van der Waals surface area (Å²) < 4.78 is 0. The first kappa shape index (κ1) is 9.99. The van der Waals surface area contributed by atoms with E-state index in [9.17, 15) is 4.79 Å². The molecule has 6 heteroatoms. The van der Waals surface area contributed by atoms with Gasteiger partial charge in [-0.15, -0.1) is 11.3 Å². The average Bonchev–Trinajstić information content (AvgIpc) is 2.74. The molecule has 0 fully saturated rings. The first-order chi connectivity index (χ1) is 7.68. The summed E-state index contributed by atoms with van der Waals surface area (Å²) in [6, 6.07) is 0. The minimum absolute atomic E-state index is 0.398. The summed E-state index contributed by atoms with van der Waals surface area (Å²) >= 11 is 7.44. The number of aromatic nitrogens is 2. The smallest absolute Gasteiger partial charge is 0.311 e. The number of hydrogen-bond acceptors (Lipinski definition) is 4. The highest BCUT2D eigenvalue weighted by Gasteiger charge is 2.33. The lowest BCUT2D eigenvalue weighted by molar-refractivity contribution is -0.138. The van der Waals surface area contributed by atoms with Gasteiger partial charge < -0.3 is 5.11 Å². The molecule has 0 radical (unpaired) electrons. The molecular formula is C10H7ClN2O2S. The van der Waals surface area contributed by atoms with Gasteiger partial charge in [-0.2, -0.15) is 0 Å². The molecule has 4 nitrogen and oxygen atoms in total. The van der Waals surface area contributed by atoms with E-state index in [1.807, 2.05) is 0 Å². The molecule has 2 aromatic rings. The number of thiophene rings is 1. The molecule has 82 valence electrons. The first-order valence-corrected chi connectivity index (χ1v) is 6.02. The normalized spacial score (nSPS) is 18.9. The number of nitrogens with zero attached hydrogens (tertiary/aromatic N) is 2. The van der Waals surface area contributed by atoms with Crippen molar-refractivity contribution in [3.63, 3.8) is 0 Å². The molecule has 0 saturated heterocycles. The van der Waals surface area contributed by atoms with E-state index < -0.39 is 11.9 Å². The molecule has 1 N–H and O–H groups in total. The Balaban J connectivity index is 2.29. The van der Waals surface area contributed by atoms with Gasteiger partial charge in [0, 0.05) is 4.88 Å². The topological polar surface area (TPSA) is 63.1 Å². The van der Waals surface area contributed by atoms with Crippen LogP contribution >= 0.6 is 22.9 Å². The van der Waals surface area contributed by atoms with Gasteiger partial charge in [-0.05, 0) is 18.4 Å². The van der Waals surface area contributed by atoms with Crippen molar-refractivity contribution in [1.82, 2.24) is 9.97 Å². The second kappa shape index (κ2) is 3.40. The van der Waals surface area contributed by atoms with E-state index in [-0.39, 0.29) is 0 Å². The lowest BCUT2D eigenvalue weighted by Crippen LogP contribution is -2.06. The Kier molecular flexibility index (Phi) is 2.12. The van der Waals surface area contributed by atoms with Gasteiger partial charge in [0.15, 0.2) is 0 Å². The van der Waals surface area contributed by atoms with Gasteiger partial charge in [-0.25, -0.2) is 9.97 Å². The quantitative estimate of drug-likeness (QED) is 0.794. The van der Waals surface area contributed by atoms with E-state index in [4.69, 9.17) is 16.7 Å². The van der Waals surface area contributed by atoms with Gasteiger partial charge in [0.05, 0.1) is 11.3 Å². The lowest BCUT2D eigenvalue weighted by atomic mass is 10.1. The zero-order chi connectivity index (χ0) is 11.3. The molecule has 2 aromatic heterocycles. The number of aliphatic carboxylic acids is 1. The SMILES string of the molecule is O=C(O)C1CCc2c1sc1ncnc(Cl)c21. The van der Waals surface area contributed by atoms with Crippen LogP contribution in [0, 0.1) is 0 Å². The van der Waals surface area contributed by atoms with Crippen LogP contribution < -0.4 is 0 Å². The van der Waals surface area contributed by atoms with Crippen molar-refractivity contribution >= 4 is 39.1 Å². The van der Waals surface area contributed by atoms with Crippen molar-refractivity contribution in [2.45, 2.75) is 18.8 Å². The minimum atomic E-state index is -0.769. The molecule has 16 heavy (non-hydrogen) atoms. The van der Waals surface area contributed by atoms with Gasteiger partial charge in [-0.3, -0.25) is 4.79 Å². The fourth-order valence-electron chi connectivity index (χ4n) is 2.15. The predicted molar refractivity (Wildman–Crippen MR) is 61.1 cm³/mol. The standard InChI is InChI=1S/C10H7ClN2O2S/c11-8-6-4-1-2-5(10(14)15)7(4)16-9(6)13-3-12-8/h3,5H,1-2H2,(H,14,15). The average molecular weight is 255 g/mol. The second-order valence-electron chi connectivity index (χ2n) is 3.72. The predicted octanol–water partition coefficient (Wildman–Crippen LogP) is 2.46. The molecule has 1 atom stereocenters. The third-order valence-electron chi connectivity index (χ3n) is 2.87. The third-order valence-corrected chi connectivity index (χ3v) is 4.41. The molecular weight excluding hydrogens is 248 g/mol. The highest BCUT2D eigenvalue weighted by atomic mass is 35.5. The van der Waals surface area contributed by atoms with Crippen molar-refractivity contribution < 1.29 is 9.90 Å². The van der Waals surface area contributed by atoms with Crippen LogP contribution in [0.4, 0.5) is 0 Å². The second-order valence-corrected chi connectivity index (χ2v) is 5.11. The lowest BCUT2D eigenvalue weighted by Gasteiger charge is -2.00. The van der Waals surface area contributed by atoms with Crippen LogP contribution in [-0.2, 0) is 11.2 Å². The maximum absolute atomic E-state index is 11.1. The Hall–Kier alpha value is -1.20. The molecule has 2 heterocycles. The number of aryl methyl sites for hydroxylation is 1. The van der Waals surface area contributed by atoms with Crippen LogP contribution in [0.25, 0.3) is 10.2 Å². The summed E-state index contributed by atoms with van der Waals surface area (Å²) in [5.74, 6) is -1.17. The number of carbonyl (C=O) groups is 1. The summed E-state index contributed by atoms with van der Waals surface area (Å²) in [6.45, 7) is 0. The molecule has 0 saturated carbocycles. The van der Waals surface area contributed by atoms with Gasteiger partial charge in [0.2, 0.25) is 0 Å². The Morgan fingerprint density at radius 1 is 1.56 bits per heavy atom. The molecule has 0 aliphatic heterocycles. The Morgan fingerprint density at radius 2 is 2.38 bits per heavy atom. The third kappa shape index (κ3) is 1.25. The highest BCUT2D eigenvalue weighted by molar-refractivity contribution is 7.19. The van der Waals surface area contributed by atoms with Crippen molar-refractivity contribution in [2.24, 2.45) is 0 Å².